The molecule has 13 heavy (non-hydrogen) atoms. The van der Waals surface area contributed by atoms with E-state index in [4.69, 9.17) is 10.4 Å². The Labute approximate surface area is 74.0 Å². The number of carbonyl (C=O) groups is 3. The van der Waals surface area contributed by atoms with Gasteiger partial charge in [-0.3, -0.25) is 14.5 Å². The van der Waals surface area contributed by atoms with Crippen molar-refractivity contribution in [3.63, 3.8) is 0 Å². The summed E-state index contributed by atoms with van der Waals surface area (Å²) in [6.07, 6.45) is -0.448. The van der Waals surface area contributed by atoms with Gasteiger partial charge in [-0.1, -0.05) is 6.92 Å². The van der Waals surface area contributed by atoms with E-state index in [0.29, 0.717) is 0 Å². The minimum absolute atomic E-state index is 0.204. The summed E-state index contributed by atoms with van der Waals surface area (Å²) in [5.41, 5.74) is 0. The van der Waals surface area contributed by atoms with E-state index in [2.05, 4.69) is 4.89 Å². The van der Waals surface area contributed by atoms with Gasteiger partial charge in [-0.25, -0.2) is 4.79 Å². The van der Waals surface area contributed by atoms with Gasteiger partial charge in [0.25, 0.3) is 0 Å². The molecule has 1 atom stereocenters. The van der Waals surface area contributed by atoms with Crippen LogP contribution in [0.1, 0.15) is 19.8 Å². The highest BCUT2D eigenvalue weighted by atomic mass is 17.1. The van der Waals surface area contributed by atoms with Gasteiger partial charge >= 0.3 is 11.9 Å². The van der Waals surface area contributed by atoms with E-state index >= 15 is 0 Å². The number of carboxylic acids is 1. The lowest BCUT2D eigenvalue weighted by Crippen LogP contribution is -2.19. The molecule has 74 valence electrons. The molecule has 0 saturated carbocycles. The Bertz CT molecular complexity index is 221. The predicted octanol–water partition coefficient (Wildman–Crippen LogP) is 0.0726. The van der Waals surface area contributed by atoms with Crippen molar-refractivity contribution in [3.05, 3.63) is 0 Å². The van der Waals surface area contributed by atoms with E-state index in [0.717, 1.165) is 0 Å². The van der Waals surface area contributed by atoms with Crippen LogP contribution < -0.4 is 0 Å². The summed E-state index contributed by atoms with van der Waals surface area (Å²) < 4.78 is 0. The summed E-state index contributed by atoms with van der Waals surface area (Å²) in [7, 11) is 0. The maximum atomic E-state index is 10.7. The summed E-state index contributed by atoms with van der Waals surface area (Å²) in [5.74, 6) is -3.80. The minimum Gasteiger partial charge on any atom is -0.481 e. The topological polar surface area (TPSA) is 101 Å². The normalized spacial score (nSPS) is 11.8. The zero-order valence-electron chi connectivity index (χ0n) is 7.02. The summed E-state index contributed by atoms with van der Waals surface area (Å²) in [5, 5.41) is 16.1. The van der Waals surface area contributed by atoms with Crippen molar-refractivity contribution in [3.8, 4) is 0 Å². The first-order chi connectivity index (χ1) is 5.97. The van der Waals surface area contributed by atoms with Crippen molar-refractivity contribution in [2.24, 2.45) is 5.92 Å². The lowest BCUT2D eigenvalue weighted by Gasteiger charge is -2.04. The summed E-state index contributed by atoms with van der Waals surface area (Å²) in [6.45, 7) is 1.51. The Hall–Kier alpha value is -1.43. The average molecular weight is 190 g/mol. The number of rotatable bonds is 5. The second-order valence-electron chi connectivity index (χ2n) is 2.71. The SMILES string of the molecule is CC(CC(=O)O)CC(=O)C(=O)OO. The van der Waals surface area contributed by atoms with Crippen molar-refractivity contribution in [2.45, 2.75) is 19.8 Å². The first-order valence-electron chi connectivity index (χ1n) is 3.57. The fraction of sp³-hybridized carbons (Fsp3) is 0.571. The van der Waals surface area contributed by atoms with E-state index in [1.54, 1.807) is 0 Å². The monoisotopic (exact) mass is 190 g/mol. The number of carbonyl (C=O) groups excluding carboxylic acids is 2. The first-order valence-corrected chi connectivity index (χ1v) is 3.57. The Morgan fingerprint density at radius 3 is 2.23 bits per heavy atom. The number of ketones is 1. The molecule has 0 bridgehead atoms. The smallest absolute Gasteiger partial charge is 0.408 e. The van der Waals surface area contributed by atoms with Crippen LogP contribution in [0.2, 0.25) is 0 Å². The molecule has 0 aliphatic carbocycles. The zero-order valence-corrected chi connectivity index (χ0v) is 7.02. The van der Waals surface area contributed by atoms with Gasteiger partial charge in [0.05, 0.1) is 0 Å². The van der Waals surface area contributed by atoms with E-state index < -0.39 is 23.6 Å². The largest absolute Gasteiger partial charge is 0.481 e. The van der Waals surface area contributed by atoms with E-state index in [9.17, 15) is 14.4 Å². The van der Waals surface area contributed by atoms with Crippen LogP contribution in [0.25, 0.3) is 0 Å². The molecular formula is C7H10O6. The third kappa shape index (κ3) is 4.91. The van der Waals surface area contributed by atoms with Crippen LogP contribution in [0, 0.1) is 5.92 Å². The molecule has 0 aliphatic rings. The molecule has 6 heteroatoms. The van der Waals surface area contributed by atoms with Gasteiger partial charge < -0.3 is 5.11 Å². The van der Waals surface area contributed by atoms with Crippen LogP contribution in [0.3, 0.4) is 0 Å². The van der Waals surface area contributed by atoms with Gasteiger partial charge in [0.1, 0.15) is 0 Å². The van der Waals surface area contributed by atoms with Crippen molar-refractivity contribution in [2.75, 3.05) is 0 Å². The van der Waals surface area contributed by atoms with E-state index in [1.807, 2.05) is 0 Å². The first kappa shape index (κ1) is 11.6. The van der Waals surface area contributed by atoms with Crippen molar-refractivity contribution < 1.29 is 29.6 Å². The molecule has 0 fully saturated rings. The van der Waals surface area contributed by atoms with Crippen LogP contribution in [-0.2, 0) is 19.3 Å². The fourth-order valence-electron chi connectivity index (χ4n) is 0.821. The molecule has 6 nitrogen and oxygen atoms in total. The molecule has 0 radical (unpaired) electrons. The Balaban J connectivity index is 3.91. The van der Waals surface area contributed by atoms with Crippen LogP contribution in [0.4, 0.5) is 0 Å². The molecule has 0 spiro atoms. The maximum Gasteiger partial charge on any atom is 0.408 e. The van der Waals surface area contributed by atoms with Gasteiger partial charge in [-0.05, 0) is 5.92 Å². The molecule has 0 aliphatic heterocycles. The minimum atomic E-state index is -1.36. The number of carboxylic acid groups (broad SMARTS) is 1. The highest BCUT2D eigenvalue weighted by Crippen LogP contribution is 2.08. The lowest BCUT2D eigenvalue weighted by molar-refractivity contribution is -0.232. The third-order valence-electron chi connectivity index (χ3n) is 1.37. The predicted molar refractivity (Wildman–Crippen MR) is 39.8 cm³/mol. The maximum absolute atomic E-state index is 10.7. The van der Waals surface area contributed by atoms with Crippen molar-refractivity contribution in [1.29, 1.82) is 0 Å². The number of hydrogen-bond donors (Lipinski definition) is 2. The van der Waals surface area contributed by atoms with Crippen molar-refractivity contribution in [1.82, 2.24) is 0 Å². The van der Waals surface area contributed by atoms with Gasteiger partial charge in [0.2, 0.25) is 5.78 Å². The molecule has 0 heterocycles. The fourth-order valence-corrected chi connectivity index (χ4v) is 0.821. The molecule has 0 aromatic carbocycles. The van der Waals surface area contributed by atoms with E-state index in [-0.39, 0.29) is 12.8 Å². The highest BCUT2D eigenvalue weighted by Gasteiger charge is 2.20. The molecule has 0 saturated heterocycles. The molecule has 0 aromatic rings. The Morgan fingerprint density at radius 1 is 1.31 bits per heavy atom. The molecule has 0 aromatic heterocycles. The van der Waals surface area contributed by atoms with Crippen LogP contribution >= 0.6 is 0 Å². The van der Waals surface area contributed by atoms with Crippen LogP contribution in [0.5, 0.6) is 0 Å². The van der Waals surface area contributed by atoms with E-state index in [1.165, 1.54) is 6.92 Å². The number of aliphatic carboxylic acids is 1. The van der Waals surface area contributed by atoms with Gasteiger partial charge in [-0.2, -0.15) is 5.26 Å². The lowest BCUT2D eigenvalue weighted by atomic mass is 10.0. The quantitative estimate of drug-likeness (QED) is 0.361. The number of hydrogen-bond acceptors (Lipinski definition) is 5. The highest BCUT2D eigenvalue weighted by molar-refractivity contribution is 6.33. The van der Waals surface area contributed by atoms with Gasteiger partial charge in [0.15, 0.2) is 0 Å². The number of Topliss-reactive ketones (excluding diaryl/α,β-unsaturated/α-hetero) is 1. The van der Waals surface area contributed by atoms with Gasteiger partial charge in [-0.15, -0.1) is 0 Å². The van der Waals surface area contributed by atoms with Crippen LogP contribution in [-0.4, -0.2) is 28.1 Å². The summed E-state index contributed by atoms with van der Waals surface area (Å²) in [4.78, 5) is 34.4. The third-order valence-corrected chi connectivity index (χ3v) is 1.37. The Morgan fingerprint density at radius 2 is 1.85 bits per heavy atom. The van der Waals surface area contributed by atoms with Crippen LogP contribution in [0.15, 0.2) is 0 Å². The summed E-state index contributed by atoms with van der Waals surface area (Å²) >= 11 is 0. The van der Waals surface area contributed by atoms with Gasteiger partial charge in [0, 0.05) is 12.8 Å². The second-order valence-corrected chi connectivity index (χ2v) is 2.71. The molecule has 0 rings (SSSR count). The summed E-state index contributed by atoms with van der Waals surface area (Å²) in [6, 6.07) is 0. The molecule has 1 unspecified atom stereocenters. The average Bonchev–Trinajstić information content (AvgIpc) is 2.01. The second kappa shape index (κ2) is 5.26. The van der Waals surface area contributed by atoms with Crippen molar-refractivity contribution >= 4 is 17.7 Å². The zero-order chi connectivity index (χ0) is 10.4. The molecule has 0 amide bonds. The molecule has 2 N–H and O–H groups in total. The molecular weight excluding hydrogens is 180 g/mol. The Kier molecular flexibility index (Phi) is 4.68. The standard InChI is InChI=1S/C7H10O6/c1-4(3-6(9)10)2-5(8)7(11)13-12/h4,12H,2-3H2,1H3,(H,9,10).